The van der Waals surface area contributed by atoms with Crippen LogP contribution in [0.25, 0.3) is 0 Å². The third kappa shape index (κ3) is 2.99. The van der Waals surface area contributed by atoms with E-state index in [-0.39, 0.29) is 10.7 Å². The lowest BCUT2D eigenvalue weighted by Gasteiger charge is -2.24. The minimum atomic E-state index is -1.30. The van der Waals surface area contributed by atoms with Crippen LogP contribution < -0.4 is 5.14 Å². The highest BCUT2D eigenvalue weighted by Crippen LogP contribution is 2.42. The van der Waals surface area contributed by atoms with Gasteiger partial charge in [-0.1, -0.05) is 6.92 Å². The highest BCUT2D eigenvalue weighted by molar-refractivity contribution is 7.84. The molecule has 1 heterocycles. The smallest absolute Gasteiger partial charge is 0.107 e. The second-order valence-corrected chi connectivity index (χ2v) is 7.38. The maximum Gasteiger partial charge on any atom is 0.107 e. The molecule has 0 aromatic carbocycles. The molecule has 17 heavy (non-hydrogen) atoms. The molecule has 96 valence electrons. The summed E-state index contributed by atoms with van der Waals surface area (Å²) >= 11 is 0. The van der Waals surface area contributed by atoms with Gasteiger partial charge in [-0.2, -0.15) is 0 Å². The van der Waals surface area contributed by atoms with Crippen LogP contribution in [0, 0.1) is 0 Å². The third-order valence-corrected chi connectivity index (χ3v) is 4.71. The molecule has 1 aromatic heterocycles. The van der Waals surface area contributed by atoms with Crippen LogP contribution >= 0.6 is 0 Å². The molecule has 3 nitrogen and oxygen atoms in total. The summed E-state index contributed by atoms with van der Waals surface area (Å²) in [6, 6.07) is 4.13. The van der Waals surface area contributed by atoms with Crippen molar-refractivity contribution in [3.05, 3.63) is 23.7 Å². The van der Waals surface area contributed by atoms with E-state index in [1.165, 1.54) is 12.8 Å². The van der Waals surface area contributed by atoms with E-state index in [1.54, 1.807) is 0 Å². The van der Waals surface area contributed by atoms with E-state index in [9.17, 15) is 4.21 Å². The molecule has 0 radical (unpaired) electrons. The van der Waals surface area contributed by atoms with E-state index in [0.717, 1.165) is 17.9 Å². The van der Waals surface area contributed by atoms with Gasteiger partial charge < -0.3 is 4.42 Å². The SMILES string of the molecule is C[C@H](CC(C)(C)S(N)=O)c1ccc(C2CC2)o1. The normalized spacial score (nSPS) is 20.2. The molecular formula is C13H21NO2S. The lowest BCUT2D eigenvalue weighted by molar-refractivity contribution is 0.412. The Balaban J connectivity index is 2.03. The molecule has 1 aromatic rings. The zero-order chi connectivity index (χ0) is 12.6. The molecule has 1 aliphatic rings. The average Bonchev–Trinajstić information content (AvgIpc) is 2.95. The molecule has 2 rings (SSSR count). The zero-order valence-electron chi connectivity index (χ0n) is 10.7. The minimum absolute atomic E-state index is 0.255. The van der Waals surface area contributed by atoms with Crippen molar-refractivity contribution in [2.45, 2.75) is 56.6 Å². The fraction of sp³-hybridized carbons (Fsp3) is 0.692. The van der Waals surface area contributed by atoms with Gasteiger partial charge in [0.25, 0.3) is 0 Å². The standard InChI is InChI=1S/C13H21NO2S/c1-9(8-13(2,3)17(14)15)11-6-7-12(16-11)10-4-5-10/h6-7,9-10H,4-5,8,14H2,1-3H3/t9-,17?/m1/s1. The highest BCUT2D eigenvalue weighted by Gasteiger charge is 2.30. The lowest BCUT2D eigenvalue weighted by Crippen LogP contribution is -2.33. The van der Waals surface area contributed by atoms with Gasteiger partial charge >= 0.3 is 0 Å². The summed E-state index contributed by atoms with van der Waals surface area (Å²) in [6.07, 6.45) is 3.27. The largest absolute Gasteiger partial charge is 0.466 e. The molecule has 1 unspecified atom stereocenters. The van der Waals surface area contributed by atoms with Gasteiger partial charge in [-0.15, -0.1) is 0 Å². The van der Waals surface area contributed by atoms with E-state index in [1.807, 2.05) is 19.9 Å². The van der Waals surface area contributed by atoms with Crippen LogP contribution in [-0.4, -0.2) is 8.96 Å². The summed E-state index contributed by atoms with van der Waals surface area (Å²) in [5, 5.41) is 5.50. The van der Waals surface area contributed by atoms with Gasteiger partial charge in [0.2, 0.25) is 0 Å². The fourth-order valence-electron chi connectivity index (χ4n) is 2.14. The molecule has 0 saturated heterocycles. The molecule has 0 amide bonds. The van der Waals surface area contributed by atoms with Crippen molar-refractivity contribution in [1.29, 1.82) is 0 Å². The zero-order valence-corrected chi connectivity index (χ0v) is 11.5. The molecule has 2 N–H and O–H groups in total. The quantitative estimate of drug-likeness (QED) is 0.879. The molecule has 4 heteroatoms. The maximum atomic E-state index is 11.4. The summed E-state index contributed by atoms with van der Waals surface area (Å²) in [5.74, 6) is 3.00. The first-order valence-electron chi connectivity index (χ1n) is 6.16. The summed E-state index contributed by atoms with van der Waals surface area (Å²) < 4.78 is 16.9. The Morgan fingerprint density at radius 1 is 1.53 bits per heavy atom. The molecule has 1 saturated carbocycles. The molecule has 0 bridgehead atoms. The Kier molecular flexibility index (Phi) is 3.46. The number of hydrogen-bond donors (Lipinski definition) is 1. The van der Waals surface area contributed by atoms with Crippen molar-refractivity contribution in [3.8, 4) is 0 Å². The van der Waals surface area contributed by atoms with E-state index in [4.69, 9.17) is 9.56 Å². The van der Waals surface area contributed by atoms with E-state index in [2.05, 4.69) is 13.0 Å². The first-order chi connectivity index (χ1) is 7.90. The Hall–Kier alpha value is -0.610. The average molecular weight is 255 g/mol. The second kappa shape index (κ2) is 4.58. The molecular weight excluding hydrogens is 234 g/mol. The van der Waals surface area contributed by atoms with E-state index in [0.29, 0.717) is 5.92 Å². The predicted molar refractivity (Wildman–Crippen MR) is 70.1 cm³/mol. The fourth-order valence-corrected chi connectivity index (χ4v) is 2.55. The summed E-state index contributed by atoms with van der Waals surface area (Å²) in [4.78, 5) is 0. The molecule has 2 atom stereocenters. The number of nitrogens with two attached hydrogens (primary N) is 1. The second-order valence-electron chi connectivity index (χ2n) is 5.68. The lowest BCUT2D eigenvalue weighted by atomic mass is 9.96. The topological polar surface area (TPSA) is 56.2 Å². The summed E-state index contributed by atoms with van der Waals surface area (Å²) in [5.41, 5.74) is 0. The molecule has 0 spiro atoms. The number of rotatable bonds is 5. The Morgan fingerprint density at radius 3 is 2.71 bits per heavy atom. The first-order valence-corrected chi connectivity index (χ1v) is 7.37. The van der Waals surface area contributed by atoms with Crippen molar-refractivity contribution in [2.75, 3.05) is 0 Å². The third-order valence-electron chi connectivity index (χ3n) is 3.46. The first kappa shape index (κ1) is 12.8. The molecule has 1 fully saturated rings. The number of furan rings is 1. The van der Waals surface area contributed by atoms with Crippen molar-refractivity contribution >= 4 is 11.0 Å². The Labute approximate surface area is 105 Å². The van der Waals surface area contributed by atoms with Crippen LogP contribution in [0.5, 0.6) is 0 Å². The van der Waals surface area contributed by atoms with Gasteiger partial charge in [-0.25, -0.2) is 4.21 Å². The van der Waals surface area contributed by atoms with E-state index >= 15 is 0 Å². The van der Waals surface area contributed by atoms with Crippen LogP contribution in [0.2, 0.25) is 0 Å². The maximum absolute atomic E-state index is 11.4. The molecule has 0 aliphatic heterocycles. The van der Waals surface area contributed by atoms with Gasteiger partial charge in [0.15, 0.2) is 0 Å². The minimum Gasteiger partial charge on any atom is -0.466 e. The summed E-state index contributed by atoms with van der Waals surface area (Å²) in [6.45, 7) is 5.97. The van der Waals surface area contributed by atoms with Crippen LogP contribution in [0.1, 0.15) is 63.4 Å². The van der Waals surface area contributed by atoms with Crippen LogP contribution in [0.4, 0.5) is 0 Å². The Bertz CT molecular complexity index is 421. The van der Waals surface area contributed by atoms with Gasteiger partial charge in [0.05, 0.1) is 15.7 Å². The van der Waals surface area contributed by atoms with Crippen LogP contribution in [0.15, 0.2) is 16.5 Å². The summed E-state index contributed by atoms with van der Waals surface area (Å²) in [7, 11) is -1.30. The van der Waals surface area contributed by atoms with Gasteiger partial charge in [-0.05, 0) is 45.2 Å². The molecule has 1 aliphatic carbocycles. The highest BCUT2D eigenvalue weighted by atomic mass is 32.2. The predicted octanol–water partition coefficient (Wildman–Crippen LogP) is 3.05. The number of hydrogen-bond acceptors (Lipinski definition) is 2. The van der Waals surface area contributed by atoms with Crippen LogP contribution in [-0.2, 0) is 11.0 Å². The van der Waals surface area contributed by atoms with Gasteiger partial charge in [-0.3, -0.25) is 5.14 Å². The van der Waals surface area contributed by atoms with Crippen LogP contribution in [0.3, 0.4) is 0 Å². The van der Waals surface area contributed by atoms with Crippen molar-refractivity contribution < 1.29 is 8.63 Å². The van der Waals surface area contributed by atoms with Crippen molar-refractivity contribution in [3.63, 3.8) is 0 Å². The van der Waals surface area contributed by atoms with Crippen molar-refractivity contribution in [1.82, 2.24) is 0 Å². The Morgan fingerprint density at radius 2 is 2.18 bits per heavy atom. The van der Waals surface area contributed by atoms with Gasteiger partial charge in [0.1, 0.15) is 11.5 Å². The van der Waals surface area contributed by atoms with Crippen molar-refractivity contribution in [2.24, 2.45) is 5.14 Å². The van der Waals surface area contributed by atoms with Gasteiger partial charge in [0, 0.05) is 11.8 Å². The monoisotopic (exact) mass is 255 g/mol. The van der Waals surface area contributed by atoms with E-state index < -0.39 is 11.0 Å².